The molecule has 0 unspecified atom stereocenters. The lowest BCUT2D eigenvalue weighted by molar-refractivity contribution is -0.144. The van der Waals surface area contributed by atoms with Crippen LogP contribution < -0.4 is 5.32 Å². The molecule has 3 aromatic rings. The fourth-order valence-electron chi connectivity index (χ4n) is 2.15. The van der Waals surface area contributed by atoms with Crippen LogP contribution in [0.1, 0.15) is 5.56 Å². The minimum atomic E-state index is -0.466. The minimum Gasteiger partial charge on any atom is -0.455 e. The summed E-state index contributed by atoms with van der Waals surface area (Å²) in [6, 6.07) is 13.0. The van der Waals surface area contributed by atoms with Crippen molar-refractivity contribution in [2.75, 3.05) is 17.7 Å². The molecule has 134 valence electrons. The third-order valence-corrected chi connectivity index (χ3v) is 6.06. The fraction of sp³-hybridized carbons (Fsp3) is 0.167. The van der Waals surface area contributed by atoms with E-state index in [1.54, 1.807) is 25.1 Å². The number of nitrogens with zero attached hydrogens (tertiary/aromatic N) is 1. The SMILES string of the molecule is Cc1c(Cl)cccc1NC(=O)COC(=O)CSc1nc2ccccc2s1. The molecule has 0 aliphatic carbocycles. The molecule has 1 heterocycles. The van der Waals surface area contributed by atoms with Gasteiger partial charge in [0.15, 0.2) is 10.9 Å². The van der Waals surface area contributed by atoms with E-state index in [1.165, 1.54) is 23.1 Å². The number of esters is 1. The molecule has 8 heteroatoms. The first-order valence-electron chi connectivity index (χ1n) is 7.72. The van der Waals surface area contributed by atoms with Gasteiger partial charge in [-0.1, -0.05) is 41.6 Å². The van der Waals surface area contributed by atoms with Crippen LogP contribution in [0.2, 0.25) is 5.02 Å². The highest BCUT2D eigenvalue weighted by Crippen LogP contribution is 2.29. The molecule has 0 saturated heterocycles. The van der Waals surface area contributed by atoms with Crippen molar-refractivity contribution >= 4 is 62.5 Å². The number of aromatic nitrogens is 1. The van der Waals surface area contributed by atoms with Gasteiger partial charge in [-0.15, -0.1) is 11.3 Å². The predicted molar refractivity (Wildman–Crippen MR) is 106 cm³/mol. The van der Waals surface area contributed by atoms with Crippen LogP contribution in [0.3, 0.4) is 0 Å². The molecule has 0 radical (unpaired) electrons. The van der Waals surface area contributed by atoms with Gasteiger partial charge in [0.1, 0.15) is 0 Å². The van der Waals surface area contributed by atoms with Gasteiger partial charge in [-0.25, -0.2) is 4.98 Å². The van der Waals surface area contributed by atoms with Gasteiger partial charge in [-0.2, -0.15) is 0 Å². The number of amides is 1. The molecule has 0 spiro atoms. The number of benzene rings is 2. The molecule has 3 rings (SSSR count). The van der Waals surface area contributed by atoms with E-state index in [-0.39, 0.29) is 12.4 Å². The summed E-state index contributed by atoms with van der Waals surface area (Å²) >= 11 is 8.83. The number of nitrogens with one attached hydrogen (secondary N) is 1. The number of para-hydroxylation sites is 1. The van der Waals surface area contributed by atoms with Gasteiger partial charge in [-0.3, -0.25) is 9.59 Å². The topological polar surface area (TPSA) is 68.3 Å². The maximum absolute atomic E-state index is 11.9. The van der Waals surface area contributed by atoms with Crippen LogP contribution in [-0.4, -0.2) is 29.2 Å². The minimum absolute atomic E-state index is 0.100. The van der Waals surface area contributed by atoms with E-state index in [0.29, 0.717) is 10.7 Å². The zero-order valence-electron chi connectivity index (χ0n) is 13.8. The van der Waals surface area contributed by atoms with E-state index < -0.39 is 11.9 Å². The Labute approximate surface area is 163 Å². The molecule has 1 aromatic heterocycles. The second-order valence-corrected chi connectivity index (χ2v) is 8.02. The van der Waals surface area contributed by atoms with E-state index in [9.17, 15) is 9.59 Å². The number of halogens is 1. The van der Waals surface area contributed by atoms with E-state index in [2.05, 4.69) is 10.3 Å². The van der Waals surface area contributed by atoms with Crippen LogP contribution in [0.4, 0.5) is 5.69 Å². The summed E-state index contributed by atoms with van der Waals surface area (Å²) in [5.74, 6) is -0.774. The molecular weight excluding hydrogens is 392 g/mol. The summed E-state index contributed by atoms with van der Waals surface area (Å²) in [6.45, 7) is 1.46. The second kappa shape index (κ2) is 8.53. The van der Waals surface area contributed by atoms with Gasteiger partial charge in [0.2, 0.25) is 0 Å². The average molecular weight is 407 g/mol. The lowest BCUT2D eigenvalue weighted by atomic mass is 10.2. The Bertz CT molecular complexity index is 926. The Morgan fingerprint density at radius 2 is 2.04 bits per heavy atom. The molecule has 0 aliphatic rings. The van der Waals surface area contributed by atoms with Gasteiger partial charge < -0.3 is 10.1 Å². The van der Waals surface area contributed by atoms with Gasteiger partial charge in [0.25, 0.3) is 5.91 Å². The number of fused-ring (bicyclic) bond motifs is 1. The average Bonchev–Trinajstić information content (AvgIpc) is 3.05. The number of hydrogen-bond donors (Lipinski definition) is 1. The van der Waals surface area contributed by atoms with Crippen LogP contribution >= 0.6 is 34.7 Å². The quantitative estimate of drug-likeness (QED) is 0.481. The number of carbonyl (C=O) groups is 2. The summed E-state index contributed by atoms with van der Waals surface area (Å²) in [4.78, 5) is 28.2. The maximum atomic E-state index is 11.9. The highest BCUT2D eigenvalue weighted by atomic mass is 35.5. The molecule has 2 aromatic carbocycles. The van der Waals surface area contributed by atoms with Crippen molar-refractivity contribution in [3.05, 3.63) is 53.1 Å². The van der Waals surface area contributed by atoms with E-state index >= 15 is 0 Å². The Kier molecular flexibility index (Phi) is 6.13. The van der Waals surface area contributed by atoms with Gasteiger partial charge in [-0.05, 0) is 36.8 Å². The van der Waals surface area contributed by atoms with Gasteiger partial charge in [0.05, 0.1) is 16.0 Å². The van der Waals surface area contributed by atoms with Crippen molar-refractivity contribution in [2.24, 2.45) is 0 Å². The van der Waals surface area contributed by atoms with Crippen LogP contribution in [0.5, 0.6) is 0 Å². The smallest absolute Gasteiger partial charge is 0.316 e. The van der Waals surface area contributed by atoms with E-state index in [0.717, 1.165) is 20.1 Å². The molecule has 0 atom stereocenters. The molecule has 1 N–H and O–H groups in total. The third kappa shape index (κ3) is 4.75. The highest BCUT2D eigenvalue weighted by molar-refractivity contribution is 8.01. The second-order valence-electron chi connectivity index (χ2n) is 5.36. The molecular formula is C18H15ClN2O3S2. The first-order valence-corrected chi connectivity index (χ1v) is 9.90. The number of anilines is 1. The van der Waals surface area contributed by atoms with Crippen LogP contribution in [0, 0.1) is 6.92 Å². The largest absolute Gasteiger partial charge is 0.455 e. The number of hydrogen-bond acceptors (Lipinski definition) is 6. The van der Waals surface area contributed by atoms with Crippen LogP contribution in [0.15, 0.2) is 46.8 Å². The van der Waals surface area contributed by atoms with Crippen molar-refractivity contribution < 1.29 is 14.3 Å². The van der Waals surface area contributed by atoms with Crippen molar-refractivity contribution in [2.45, 2.75) is 11.3 Å². The zero-order valence-corrected chi connectivity index (χ0v) is 16.2. The molecule has 0 saturated carbocycles. The van der Waals surface area contributed by atoms with Gasteiger partial charge >= 0.3 is 5.97 Å². The summed E-state index contributed by atoms with van der Waals surface area (Å²) in [5, 5.41) is 3.24. The summed E-state index contributed by atoms with van der Waals surface area (Å²) in [7, 11) is 0. The van der Waals surface area contributed by atoms with E-state index in [1.807, 2.05) is 24.3 Å². The highest BCUT2D eigenvalue weighted by Gasteiger charge is 2.12. The number of thiazole rings is 1. The lowest BCUT2D eigenvalue weighted by Crippen LogP contribution is -2.22. The number of ether oxygens (including phenoxy) is 1. The molecule has 1 amide bonds. The Morgan fingerprint density at radius 3 is 2.85 bits per heavy atom. The summed E-state index contributed by atoms with van der Waals surface area (Å²) in [5.41, 5.74) is 2.27. The predicted octanol–water partition coefficient (Wildman–Crippen LogP) is 4.53. The molecule has 26 heavy (non-hydrogen) atoms. The van der Waals surface area contributed by atoms with Crippen LogP contribution in [0.25, 0.3) is 10.2 Å². The third-order valence-electron chi connectivity index (χ3n) is 3.49. The van der Waals surface area contributed by atoms with Crippen molar-refractivity contribution in [1.82, 2.24) is 4.98 Å². The first kappa shape index (κ1) is 18.7. The van der Waals surface area contributed by atoms with Crippen molar-refractivity contribution in [1.29, 1.82) is 0 Å². The monoisotopic (exact) mass is 406 g/mol. The van der Waals surface area contributed by atoms with Crippen molar-refractivity contribution in [3.8, 4) is 0 Å². The number of carbonyl (C=O) groups excluding carboxylic acids is 2. The summed E-state index contributed by atoms with van der Waals surface area (Å²) < 4.78 is 6.88. The number of thioether (sulfide) groups is 1. The molecule has 5 nitrogen and oxygen atoms in total. The molecule has 0 fully saturated rings. The van der Waals surface area contributed by atoms with Gasteiger partial charge in [0, 0.05) is 10.7 Å². The van der Waals surface area contributed by atoms with E-state index in [4.69, 9.17) is 16.3 Å². The Balaban J connectivity index is 1.46. The Hall–Kier alpha value is -2.09. The fourth-order valence-corrected chi connectivity index (χ4v) is 4.19. The normalized spacial score (nSPS) is 10.7. The summed E-state index contributed by atoms with van der Waals surface area (Å²) in [6.07, 6.45) is 0. The van der Waals surface area contributed by atoms with Crippen molar-refractivity contribution in [3.63, 3.8) is 0 Å². The van der Waals surface area contributed by atoms with Crippen LogP contribution in [-0.2, 0) is 14.3 Å². The molecule has 0 bridgehead atoms. The number of rotatable bonds is 6. The Morgan fingerprint density at radius 1 is 1.23 bits per heavy atom. The lowest BCUT2D eigenvalue weighted by Gasteiger charge is -2.09. The first-order chi connectivity index (χ1) is 12.5. The maximum Gasteiger partial charge on any atom is 0.316 e. The standard InChI is InChI=1S/C18H15ClN2O3S2/c1-11-12(19)5-4-7-13(11)20-16(22)9-24-17(23)10-25-18-21-14-6-2-3-8-15(14)26-18/h2-8H,9-10H2,1H3,(H,20,22). The zero-order chi connectivity index (χ0) is 18.5. The molecule has 0 aliphatic heterocycles.